The molecule has 8 heteroatoms. The molecule has 0 aliphatic carbocycles. The van der Waals surface area contributed by atoms with Crippen LogP contribution in [0.15, 0.2) is 48.5 Å². The predicted octanol–water partition coefficient (Wildman–Crippen LogP) is 4.03. The summed E-state index contributed by atoms with van der Waals surface area (Å²) in [5.74, 6) is 0.436. The van der Waals surface area contributed by atoms with Crippen LogP contribution in [0.25, 0.3) is 0 Å². The summed E-state index contributed by atoms with van der Waals surface area (Å²) in [7, 11) is 2.14. The van der Waals surface area contributed by atoms with Crippen molar-refractivity contribution >= 4 is 29.1 Å². The number of carbonyl (C=O) groups excluding carboxylic acids is 2. The van der Waals surface area contributed by atoms with Crippen molar-refractivity contribution in [3.63, 3.8) is 0 Å². The van der Waals surface area contributed by atoms with Crippen LogP contribution < -0.4 is 21.3 Å². The summed E-state index contributed by atoms with van der Waals surface area (Å²) in [6.45, 7) is 11.0. The van der Waals surface area contributed by atoms with E-state index in [2.05, 4.69) is 52.0 Å². The van der Waals surface area contributed by atoms with Gasteiger partial charge in [0.25, 0.3) is 0 Å². The normalized spacial score (nSPS) is 15.7. The van der Waals surface area contributed by atoms with Crippen LogP contribution in [0, 0.1) is 12.8 Å². The Morgan fingerprint density at radius 2 is 1.55 bits per heavy atom. The summed E-state index contributed by atoms with van der Waals surface area (Å²) >= 11 is 0. The summed E-state index contributed by atoms with van der Waals surface area (Å²) in [6, 6.07) is 14.4. The van der Waals surface area contributed by atoms with Gasteiger partial charge in [-0.15, -0.1) is 0 Å². The molecule has 0 radical (unpaired) electrons. The first-order chi connectivity index (χ1) is 15.8. The molecular weight excluding hydrogens is 416 g/mol. The van der Waals surface area contributed by atoms with Gasteiger partial charge in [-0.1, -0.05) is 38.1 Å². The maximum atomic E-state index is 12.7. The number of likely N-dealkylation sites (N-methyl/N-ethyl adjacent to an activating group) is 1. The van der Waals surface area contributed by atoms with Crippen molar-refractivity contribution in [2.45, 2.75) is 26.8 Å². The number of hydrogen-bond donors (Lipinski definition) is 4. The number of aryl methyl sites for hydroxylation is 1. The molecule has 0 bridgehead atoms. The second kappa shape index (κ2) is 11.7. The first-order valence-electron chi connectivity index (χ1n) is 11.5. The van der Waals surface area contributed by atoms with Crippen molar-refractivity contribution in [2.75, 3.05) is 55.7 Å². The Kier molecular flexibility index (Phi) is 8.68. The molecule has 2 aromatic carbocycles. The standard InChI is InChI=1S/C25H36N6O2/c1-18(2)23(31-14-12-30(4)13-15-31)17-26-24(32)29-22-16-21(11-10-19(22)3)28-25(33)27-20-8-6-5-7-9-20/h5-11,16,18,23H,12-15,17H2,1-4H3,(H2,26,29,32)(H2,27,28,33). The molecule has 1 atom stereocenters. The van der Waals surface area contributed by atoms with Crippen molar-refractivity contribution < 1.29 is 9.59 Å². The molecule has 1 saturated heterocycles. The quantitative estimate of drug-likeness (QED) is 0.511. The summed E-state index contributed by atoms with van der Waals surface area (Å²) in [6.07, 6.45) is 0. The minimum absolute atomic E-state index is 0.247. The monoisotopic (exact) mass is 452 g/mol. The van der Waals surface area contributed by atoms with E-state index in [0.29, 0.717) is 35.6 Å². The van der Waals surface area contributed by atoms with Gasteiger partial charge in [-0.2, -0.15) is 0 Å². The fourth-order valence-electron chi connectivity index (χ4n) is 3.95. The SMILES string of the molecule is Cc1ccc(NC(=O)Nc2ccccc2)cc1NC(=O)NCC(C(C)C)N1CCN(C)CC1. The number of piperazine rings is 1. The van der Waals surface area contributed by atoms with E-state index in [-0.39, 0.29) is 12.1 Å². The molecule has 0 aromatic heterocycles. The van der Waals surface area contributed by atoms with Gasteiger partial charge in [0.1, 0.15) is 0 Å². The number of nitrogens with one attached hydrogen (secondary N) is 4. The number of urea groups is 2. The molecule has 0 saturated carbocycles. The Labute approximate surface area is 196 Å². The van der Waals surface area contributed by atoms with E-state index in [9.17, 15) is 9.59 Å². The lowest BCUT2D eigenvalue weighted by Crippen LogP contribution is -2.54. The largest absolute Gasteiger partial charge is 0.336 e. The van der Waals surface area contributed by atoms with Gasteiger partial charge < -0.3 is 26.2 Å². The van der Waals surface area contributed by atoms with Crippen LogP contribution in [-0.2, 0) is 0 Å². The molecule has 1 aliphatic rings. The van der Waals surface area contributed by atoms with E-state index in [1.54, 1.807) is 6.07 Å². The highest BCUT2D eigenvalue weighted by molar-refractivity contribution is 6.00. The Morgan fingerprint density at radius 3 is 2.21 bits per heavy atom. The molecule has 1 fully saturated rings. The Morgan fingerprint density at radius 1 is 0.879 bits per heavy atom. The molecule has 1 unspecified atom stereocenters. The molecule has 178 valence electrons. The molecule has 0 spiro atoms. The lowest BCUT2D eigenvalue weighted by atomic mass is 10.0. The topological polar surface area (TPSA) is 88.7 Å². The minimum Gasteiger partial charge on any atom is -0.336 e. The average Bonchev–Trinajstić information content (AvgIpc) is 2.78. The lowest BCUT2D eigenvalue weighted by molar-refractivity contribution is 0.0890. The van der Waals surface area contributed by atoms with Crippen LogP contribution in [0.1, 0.15) is 19.4 Å². The maximum absolute atomic E-state index is 12.7. The third-order valence-corrected chi connectivity index (χ3v) is 6.02. The van der Waals surface area contributed by atoms with Gasteiger partial charge >= 0.3 is 12.1 Å². The van der Waals surface area contributed by atoms with Crippen LogP contribution in [0.2, 0.25) is 0 Å². The van der Waals surface area contributed by atoms with Crippen LogP contribution >= 0.6 is 0 Å². The van der Waals surface area contributed by atoms with E-state index >= 15 is 0 Å². The number of para-hydroxylation sites is 1. The molecule has 3 rings (SSSR count). The van der Waals surface area contributed by atoms with Gasteiger partial charge in [-0.05, 0) is 49.7 Å². The summed E-state index contributed by atoms with van der Waals surface area (Å²) in [4.78, 5) is 29.7. The number of rotatable bonds is 7. The number of anilines is 3. The number of hydrogen-bond acceptors (Lipinski definition) is 4. The summed E-state index contributed by atoms with van der Waals surface area (Å²) in [5, 5.41) is 11.6. The molecule has 2 aromatic rings. The molecule has 4 N–H and O–H groups in total. The zero-order valence-electron chi connectivity index (χ0n) is 20.0. The van der Waals surface area contributed by atoms with Crippen LogP contribution in [0.4, 0.5) is 26.7 Å². The van der Waals surface area contributed by atoms with Crippen molar-refractivity contribution in [3.05, 3.63) is 54.1 Å². The van der Waals surface area contributed by atoms with E-state index in [1.165, 1.54) is 0 Å². The van der Waals surface area contributed by atoms with Gasteiger partial charge in [-0.25, -0.2) is 9.59 Å². The Hall–Kier alpha value is -3.10. The van der Waals surface area contributed by atoms with E-state index < -0.39 is 0 Å². The third kappa shape index (κ3) is 7.47. The van der Waals surface area contributed by atoms with Crippen LogP contribution in [0.3, 0.4) is 0 Å². The first-order valence-corrected chi connectivity index (χ1v) is 11.5. The maximum Gasteiger partial charge on any atom is 0.323 e. The van der Waals surface area contributed by atoms with E-state index in [4.69, 9.17) is 0 Å². The number of amides is 4. The highest BCUT2D eigenvalue weighted by Crippen LogP contribution is 2.21. The lowest BCUT2D eigenvalue weighted by Gasteiger charge is -2.39. The summed E-state index contributed by atoms with van der Waals surface area (Å²) < 4.78 is 0. The number of nitrogens with zero attached hydrogens (tertiary/aromatic N) is 2. The molecule has 4 amide bonds. The molecular formula is C25H36N6O2. The zero-order chi connectivity index (χ0) is 23.8. The van der Waals surface area contributed by atoms with E-state index in [0.717, 1.165) is 31.7 Å². The van der Waals surface area contributed by atoms with Gasteiger partial charge in [0.15, 0.2) is 0 Å². The highest BCUT2D eigenvalue weighted by atomic mass is 16.2. The Bertz CT molecular complexity index is 926. The van der Waals surface area contributed by atoms with Gasteiger partial charge in [-0.3, -0.25) is 4.90 Å². The zero-order valence-corrected chi connectivity index (χ0v) is 20.0. The second-order valence-electron chi connectivity index (χ2n) is 8.96. The summed E-state index contributed by atoms with van der Waals surface area (Å²) in [5.41, 5.74) is 2.88. The fourth-order valence-corrected chi connectivity index (χ4v) is 3.95. The molecule has 1 heterocycles. The smallest absolute Gasteiger partial charge is 0.323 e. The predicted molar refractivity (Wildman–Crippen MR) is 135 cm³/mol. The average molecular weight is 453 g/mol. The second-order valence-corrected chi connectivity index (χ2v) is 8.96. The van der Waals surface area contributed by atoms with Gasteiger partial charge in [0.05, 0.1) is 0 Å². The van der Waals surface area contributed by atoms with Gasteiger partial charge in [0.2, 0.25) is 0 Å². The van der Waals surface area contributed by atoms with Gasteiger partial charge in [0, 0.05) is 55.8 Å². The fraction of sp³-hybridized carbons (Fsp3) is 0.440. The highest BCUT2D eigenvalue weighted by Gasteiger charge is 2.25. The van der Waals surface area contributed by atoms with Crippen molar-refractivity contribution in [1.82, 2.24) is 15.1 Å². The van der Waals surface area contributed by atoms with Crippen molar-refractivity contribution in [2.24, 2.45) is 5.92 Å². The first kappa shape index (κ1) is 24.5. The minimum atomic E-state index is -0.340. The third-order valence-electron chi connectivity index (χ3n) is 6.02. The Balaban J connectivity index is 1.54. The van der Waals surface area contributed by atoms with Crippen LogP contribution in [0.5, 0.6) is 0 Å². The van der Waals surface area contributed by atoms with Crippen molar-refractivity contribution in [3.8, 4) is 0 Å². The number of carbonyl (C=O) groups is 2. The van der Waals surface area contributed by atoms with E-state index in [1.807, 2.05) is 49.4 Å². The number of benzene rings is 2. The van der Waals surface area contributed by atoms with Crippen LogP contribution in [-0.4, -0.2) is 67.7 Å². The molecule has 8 nitrogen and oxygen atoms in total. The molecule has 1 aliphatic heterocycles. The van der Waals surface area contributed by atoms with Crippen molar-refractivity contribution in [1.29, 1.82) is 0 Å². The molecule has 33 heavy (non-hydrogen) atoms.